The van der Waals surface area contributed by atoms with E-state index in [1.165, 1.54) is 14.0 Å². The Labute approximate surface area is 330 Å². The highest BCUT2D eigenvalue weighted by molar-refractivity contribution is 5.72. The fraction of sp³-hybridized carbons (Fsp3) is 0.975. The van der Waals surface area contributed by atoms with Gasteiger partial charge >= 0.3 is 5.97 Å². The van der Waals surface area contributed by atoms with Crippen LogP contribution in [0.15, 0.2) is 0 Å². The first-order valence-electron chi connectivity index (χ1n) is 20.3. The average Bonchev–Trinajstić information content (AvgIpc) is 3.09. The SMILES string of the molecule is CO[C@]1(C)C[C@H](O[C@@H]2[C@@H](C)[C@@H](O[C@@H]3O[C@H](C)C[C@H](N(C)C)[C@H]3O)[C@](C)(O)C[C@@H](C)NC[C@@H](C)[C@H](O)[C@](C)(O)COC(=O)[C@@H]2C)O[C@@H](C)[C@@]1(O)CNCC(C)C. The summed E-state index contributed by atoms with van der Waals surface area (Å²) in [5.41, 5.74) is -5.93. The van der Waals surface area contributed by atoms with Crippen molar-refractivity contribution in [2.24, 2.45) is 23.7 Å². The van der Waals surface area contributed by atoms with Crippen molar-refractivity contribution in [2.45, 2.75) is 179 Å². The van der Waals surface area contributed by atoms with Crippen molar-refractivity contribution in [3.8, 4) is 0 Å². The van der Waals surface area contributed by atoms with Gasteiger partial charge in [0.25, 0.3) is 0 Å². The molecule has 3 aliphatic rings. The van der Waals surface area contributed by atoms with Crippen LogP contribution in [0.3, 0.4) is 0 Å². The summed E-state index contributed by atoms with van der Waals surface area (Å²) >= 11 is 0. The Morgan fingerprint density at radius 1 is 0.964 bits per heavy atom. The lowest BCUT2D eigenvalue weighted by Gasteiger charge is -2.53. The second-order valence-corrected chi connectivity index (χ2v) is 18.4. The van der Waals surface area contributed by atoms with E-state index in [1.807, 2.05) is 39.8 Å². The number of carbonyl (C=O) groups excluding carboxylic acids is 1. The molecular weight excluding hydrogens is 714 g/mol. The monoisotopic (exact) mass is 792 g/mol. The number of nitrogens with zero attached hydrogens (tertiary/aromatic N) is 1. The Morgan fingerprint density at radius 3 is 2.18 bits per heavy atom. The van der Waals surface area contributed by atoms with Crippen LogP contribution >= 0.6 is 0 Å². The first kappa shape index (κ1) is 48.3. The molecule has 55 heavy (non-hydrogen) atoms. The van der Waals surface area contributed by atoms with Crippen molar-refractivity contribution in [1.29, 1.82) is 0 Å². The predicted octanol–water partition coefficient (Wildman–Crippen LogP) is 1.40. The van der Waals surface area contributed by atoms with Gasteiger partial charge in [-0.2, -0.15) is 0 Å². The van der Waals surface area contributed by atoms with E-state index in [1.54, 1.807) is 34.6 Å². The third kappa shape index (κ3) is 11.6. The molecule has 17 atom stereocenters. The molecule has 3 aliphatic heterocycles. The zero-order valence-electron chi connectivity index (χ0n) is 36.1. The zero-order valence-corrected chi connectivity index (χ0v) is 36.1. The molecule has 0 spiro atoms. The molecule has 324 valence electrons. The van der Waals surface area contributed by atoms with Crippen molar-refractivity contribution in [3.63, 3.8) is 0 Å². The quantitative estimate of drug-likeness (QED) is 0.157. The summed E-state index contributed by atoms with van der Waals surface area (Å²) in [5.74, 6) is -2.59. The van der Waals surface area contributed by atoms with E-state index in [4.69, 9.17) is 28.4 Å². The normalized spacial score (nSPS) is 47.3. The van der Waals surface area contributed by atoms with Crippen molar-refractivity contribution in [2.75, 3.05) is 47.4 Å². The molecule has 15 heteroatoms. The van der Waals surface area contributed by atoms with Gasteiger partial charge < -0.3 is 69.5 Å². The van der Waals surface area contributed by atoms with Crippen LogP contribution in [0.4, 0.5) is 0 Å². The number of hydrogen-bond donors (Lipinski definition) is 7. The molecular formula is C40H77N3O12. The highest BCUT2D eigenvalue weighted by atomic mass is 16.7. The van der Waals surface area contributed by atoms with E-state index < -0.39 is 95.8 Å². The lowest BCUT2D eigenvalue weighted by atomic mass is 9.75. The minimum Gasteiger partial charge on any atom is -0.462 e. The lowest BCUT2D eigenvalue weighted by Crippen LogP contribution is -2.70. The molecule has 0 radical (unpaired) electrons. The maximum absolute atomic E-state index is 14.0. The summed E-state index contributed by atoms with van der Waals surface area (Å²) in [6, 6.07) is -0.582. The minimum absolute atomic E-state index is 0.0901. The van der Waals surface area contributed by atoms with Crippen molar-refractivity contribution < 1.29 is 58.7 Å². The zero-order chi connectivity index (χ0) is 41.8. The first-order chi connectivity index (χ1) is 25.3. The van der Waals surface area contributed by atoms with Gasteiger partial charge in [0.15, 0.2) is 12.6 Å². The van der Waals surface area contributed by atoms with Crippen molar-refractivity contribution in [3.05, 3.63) is 0 Å². The fourth-order valence-corrected chi connectivity index (χ4v) is 8.70. The first-order valence-corrected chi connectivity index (χ1v) is 20.3. The number of aliphatic hydroxyl groups excluding tert-OH is 2. The van der Waals surface area contributed by atoms with Crippen LogP contribution in [0.25, 0.3) is 0 Å². The summed E-state index contributed by atoms with van der Waals surface area (Å²) in [7, 11) is 5.29. The smallest absolute Gasteiger partial charge is 0.311 e. The van der Waals surface area contributed by atoms with E-state index in [9.17, 15) is 30.3 Å². The maximum atomic E-state index is 14.0. The number of hydrogen-bond acceptors (Lipinski definition) is 15. The number of cyclic esters (lactones) is 1. The number of esters is 1. The Balaban J connectivity index is 2.10. The number of rotatable bonds is 10. The molecule has 3 fully saturated rings. The van der Waals surface area contributed by atoms with Crippen LogP contribution in [0, 0.1) is 23.7 Å². The Hall–Kier alpha value is -1.05. The second-order valence-electron chi connectivity index (χ2n) is 18.4. The molecule has 0 aromatic heterocycles. The van der Waals surface area contributed by atoms with Crippen LogP contribution in [0.5, 0.6) is 0 Å². The Morgan fingerprint density at radius 2 is 1.60 bits per heavy atom. The second kappa shape index (κ2) is 19.3. The lowest BCUT2D eigenvalue weighted by molar-refractivity contribution is -0.336. The molecule has 0 aromatic rings. The topological polar surface area (TPSA) is 201 Å². The Kier molecular flexibility index (Phi) is 17.0. The molecule has 0 unspecified atom stereocenters. The van der Waals surface area contributed by atoms with Gasteiger partial charge in [0, 0.05) is 44.6 Å². The van der Waals surface area contributed by atoms with E-state index in [-0.39, 0.29) is 37.6 Å². The molecule has 0 aromatic carbocycles. The van der Waals surface area contributed by atoms with Gasteiger partial charge in [0.05, 0.1) is 42.0 Å². The van der Waals surface area contributed by atoms with E-state index >= 15 is 0 Å². The predicted molar refractivity (Wildman–Crippen MR) is 207 cm³/mol. The van der Waals surface area contributed by atoms with Crippen molar-refractivity contribution >= 4 is 5.97 Å². The number of nitrogens with one attached hydrogen (secondary N) is 2. The molecule has 3 saturated heterocycles. The summed E-state index contributed by atoms with van der Waals surface area (Å²) in [5, 5.41) is 65.1. The number of likely N-dealkylation sites (N-methyl/N-ethyl adjacent to an activating group) is 1. The highest BCUT2D eigenvalue weighted by Gasteiger charge is 2.58. The minimum atomic E-state index is -1.76. The van der Waals surface area contributed by atoms with Gasteiger partial charge in [0.2, 0.25) is 0 Å². The molecule has 3 heterocycles. The van der Waals surface area contributed by atoms with Crippen LogP contribution < -0.4 is 10.6 Å². The molecule has 0 aliphatic carbocycles. The van der Waals surface area contributed by atoms with Gasteiger partial charge in [-0.05, 0) is 93.8 Å². The van der Waals surface area contributed by atoms with E-state index in [0.717, 1.165) is 0 Å². The van der Waals surface area contributed by atoms with Gasteiger partial charge in [-0.3, -0.25) is 4.79 Å². The molecule has 0 bridgehead atoms. The number of methoxy groups -OCH3 is 1. The van der Waals surface area contributed by atoms with Gasteiger partial charge in [-0.25, -0.2) is 0 Å². The maximum Gasteiger partial charge on any atom is 0.311 e. The van der Waals surface area contributed by atoms with Crippen LogP contribution in [0.1, 0.15) is 95.4 Å². The van der Waals surface area contributed by atoms with E-state index in [2.05, 4.69) is 24.5 Å². The number of carbonyl (C=O) groups is 1. The summed E-state index contributed by atoms with van der Waals surface area (Å²) in [6.45, 7) is 20.5. The molecule has 7 N–H and O–H groups in total. The summed E-state index contributed by atoms with van der Waals surface area (Å²) < 4.78 is 37.8. The van der Waals surface area contributed by atoms with Crippen molar-refractivity contribution in [1.82, 2.24) is 15.5 Å². The summed E-state index contributed by atoms with van der Waals surface area (Å²) in [6.07, 6.45) is -6.73. The Bertz CT molecular complexity index is 1210. The average molecular weight is 792 g/mol. The largest absolute Gasteiger partial charge is 0.462 e. The third-order valence-electron chi connectivity index (χ3n) is 12.4. The van der Waals surface area contributed by atoms with Gasteiger partial charge in [-0.15, -0.1) is 0 Å². The number of ether oxygens (including phenoxy) is 6. The molecule has 0 amide bonds. The van der Waals surface area contributed by atoms with Crippen LogP contribution in [-0.2, 0) is 33.2 Å². The molecule has 0 saturated carbocycles. The van der Waals surface area contributed by atoms with Gasteiger partial charge in [0.1, 0.15) is 29.5 Å². The summed E-state index contributed by atoms with van der Waals surface area (Å²) in [4.78, 5) is 15.9. The van der Waals surface area contributed by atoms with Crippen LogP contribution in [-0.4, -0.2) is 168 Å². The molecule has 15 nitrogen and oxygen atoms in total. The number of aliphatic hydroxyl groups is 5. The molecule has 3 rings (SSSR count). The third-order valence-corrected chi connectivity index (χ3v) is 12.4. The fourth-order valence-electron chi connectivity index (χ4n) is 8.70. The van der Waals surface area contributed by atoms with E-state index in [0.29, 0.717) is 25.4 Å². The van der Waals surface area contributed by atoms with Gasteiger partial charge in [-0.1, -0.05) is 27.7 Å². The van der Waals surface area contributed by atoms with Crippen LogP contribution in [0.2, 0.25) is 0 Å². The highest BCUT2D eigenvalue weighted by Crippen LogP contribution is 2.43. The standard InChI is InChI=1S/C40H77N3O12/c1-22(2)18-41-20-40(49)28(8)53-30(17-39(40,11)50-14)54-32-26(6)34(55-36-31(44)29(43(12)13)15-25(5)52-36)37(9,47)16-24(4)42-19-23(3)33(45)38(10,48)21-51-35(46)27(32)7/h22-34,36,41-42,44-45,47-49H,15-21H2,1-14H3/t23-,24-,25-,26-,27-,28+,29+,30+,31-,32-,33+,34-,36+,37-,38-,39-,40+/m1/s1.